The Labute approximate surface area is 135 Å². The highest BCUT2D eigenvalue weighted by Gasteiger charge is 2.19. The van der Waals surface area contributed by atoms with Crippen molar-refractivity contribution in [3.8, 4) is 5.75 Å². The first-order valence-electron chi connectivity index (χ1n) is 7.32. The predicted octanol–water partition coefficient (Wildman–Crippen LogP) is 2.46. The van der Waals surface area contributed by atoms with E-state index in [4.69, 9.17) is 16.3 Å². The smallest absolute Gasteiger partial charge is 0.225 e. The highest BCUT2D eigenvalue weighted by atomic mass is 35.5. The summed E-state index contributed by atoms with van der Waals surface area (Å²) >= 11 is 5.92. The predicted molar refractivity (Wildman–Crippen MR) is 87.5 cm³/mol. The largest absolute Gasteiger partial charge is 0.494 e. The summed E-state index contributed by atoms with van der Waals surface area (Å²) in [6.45, 7) is 4.81. The van der Waals surface area contributed by atoms with Crippen LogP contribution >= 0.6 is 11.6 Å². The van der Waals surface area contributed by atoms with Crippen LogP contribution < -0.4 is 9.64 Å². The topological polar surface area (TPSA) is 41.5 Å². The highest BCUT2D eigenvalue weighted by Crippen LogP contribution is 2.16. The summed E-state index contributed by atoms with van der Waals surface area (Å²) in [6, 6.07) is 8.05. The van der Waals surface area contributed by atoms with Crippen molar-refractivity contribution in [3.05, 3.63) is 47.2 Å². The fourth-order valence-electron chi connectivity index (χ4n) is 2.53. The maximum Gasteiger partial charge on any atom is 0.225 e. The van der Waals surface area contributed by atoms with Crippen LogP contribution in [0.2, 0.25) is 5.02 Å². The van der Waals surface area contributed by atoms with E-state index in [0.29, 0.717) is 5.75 Å². The molecule has 0 unspecified atom stereocenters. The van der Waals surface area contributed by atoms with Crippen LogP contribution in [0.3, 0.4) is 0 Å². The number of halogens is 1. The lowest BCUT2D eigenvalue weighted by Gasteiger charge is -2.34. The zero-order chi connectivity index (χ0) is 15.4. The zero-order valence-electron chi connectivity index (χ0n) is 12.6. The highest BCUT2D eigenvalue weighted by molar-refractivity contribution is 6.30. The van der Waals surface area contributed by atoms with Gasteiger partial charge in [0.25, 0.3) is 0 Å². The quantitative estimate of drug-likeness (QED) is 0.866. The molecule has 2 aromatic rings. The zero-order valence-corrected chi connectivity index (χ0v) is 13.3. The van der Waals surface area contributed by atoms with Gasteiger partial charge in [0.1, 0.15) is 0 Å². The summed E-state index contributed by atoms with van der Waals surface area (Å²) in [5.41, 5.74) is 1.29. The van der Waals surface area contributed by atoms with Crippen LogP contribution in [0.15, 0.2) is 36.7 Å². The van der Waals surface area contributed by atoms with Gasteiger partial charge in [-0.05, 0) is 17.7 Å². The first-order valence-corrected chi connectivity index (χ1v) is 7.70. The minimum absolute atomic E-state index is 0.685. The molecule has 6 heteroatoms. The Hall–Kier alpha value is -1.85. The van der Waals surface area contributed by atoms with Crippen LogP contribution in [0.25, 0.3) is 0 Å². The molecule has 0 radical (unpaired) electrons. The number of methoxy groups -OCH3 is 1. The van der Waals surface area contributed by atoms with Gasteiger partial charge >= 0.3 is 0 Å². The molecule has 1 fully saturated rings. The van der Waals surface area contributed by atoms with Gasteiger partial charge in [-0.2, -0.15) is 0 Å². The summed E-state index contributed by atoms with van der Waals surface area (Å²) in [6.07, 6.45) is 3.42. The molecule has 1 aromatic heterocycles. The minimum atomic E-state index is 0.685. The molecule has 116 valence electrons. The van der Waals surface area contributed by atoms with Gasteiger partial charge in [0.15, 0.2) is 5.75 Å². The molecule has 3 rings (SSSR count). The van der Waals surface area contributed by atoms with Gasteiger partial charge in [-0.3, -0.25) is 4.90 Å². The number of anilines is 1. The van der Waals surface area contributed by atoms with Crippen LogP contribution in [0, 0.1) is 0 Å². The van der Waals surface area contributed by atoms with Crippen LogP contribution in [-0.4, -0.2) is 48.2 Å². The monoisotopic (exact) mass is 318 g/mol. The number of hydrogen-bond acceptors (Lipinski definition) is 5. The molecular formula is C16H19ClN4O. The van der Waals surface area contributed by atoms with Gasteiger partial charge in [0.2, 0.25) is 5.95 Å². The number of nitrogens with zero attached hydrogens (tertiary/aromatic N) is 4. The summed E-state index contributed by atoms with van der Waals surface area (Å²) in [5.74, 6) is 1.46. The molecule has 0 atom stereocenters. The lowest BCUT2D eigenvalue weighted by Crippen LogP contribution is -2.46. The van der Waals surface area contributed by atoms with Crippen molar-refractivity contribution < 1.29 is 4.74 Å². The standard InChI is InChI=1S/C16H19ClN4O/c1-22-15-10-18-16(19-11-15)21-8-6-20(7-9-21)12-13-2-4-14(17)5-3-13/h2-5,10-11H,6-9,12H2,1H3. The fraction of sp³-hybridized carbons (Fsp3) is 0.375. The third kappa shape index (κ3) is 3.67. The number of hydrogen-bond donors (Lipinski definition) is 0. The maximum atomic E-state index is 5.92. The molecule has 0 saturated carbocycles. The normalized spacial score (nSPS) is 15.8. The molecule has 1 aromatic carbocycles. The van der Waals surface area contributed by atoms with Gasteiger partial charge in [-0.1, -0.05) is 23.7 Å². The van der Waals surface area contributed by atoms with Gasteiger partial charge in [-0.25, -0.2) is 9.97 Å². The summed E-state index contributed by atoms with van der Waals surface area (Å²) in [5, 5.41) is 0.783. The van der Waals surface area contributed by atoms with E-state index < -0.39 is 0 Å². The summed E-state index contributed by atoms with van der Waals surface area (Å²) < 4.78 is 5.09. The van der Waals surface area contributed by atoms with Crippen molar-refractivity contribution in [1.29, 1.82) is 0 Å². The Kier molecular flexibility index (Phi) is 4.75. The van der Waals surface area contributed by atoms with Crippen molar-refractivity contribution in [2.24, 2.45) is 0 Å². The molecule has 1 aliphatic heterocycles. The van der Waals surface area contributed by atoms with E-state index in [1.165, 1.54) is 5.56 Å². The van der Waals surface area contributed by atoms with E-state index in [9.17, 15) is 0 Å². The van der Waals surface area contributed by atoms with E-state index in [1.807, 2.05) is 12.1 Å². The number of aromatic nitrogens is 2. The lowest BCUT2D eigenvalue weighted by atomic mass is 10.2. The van der Waals surface area contributed by atoms with Crippen LogP contribution in [0.5, 0.6) is 5.75 Å². The Morgan fingerprint density at radius 2 is 1.68 bits per heavy atom. The van der Waals surface area contributed by atoms with Crippen LogP contribution in [-0.2, 0) is 6.54 Å². The van der Waals surface area contributed by atoms with E-state index >= 15 is 0 Å². The van der Waals surface area contributed by atoms with Gasteiger partial charge in [-0.15, -0.1) is 0 Å². The molecule has 0 bridgehead atoms. The van der Waals surface area contributed by atoms with Crippen molar-refractivity contribution in [2.75, 3.05) is 38.2 Å². The van der Waals surface area contributed by atoms with Gasteiger partial charge < -0.3 is 9.64 Å². The summed E-state index contributed by atoms with van der Waals surface area (Å²) in [4.78, 5) is 13.3. The fourth-order valence-corrected chi connectivity index (χ4v) is 2.66. The van der Waals surface area contributed by atoms with E-state index in [1.54, 1.807) is 19.5 Å². The first kappa shape index (κ1) is 15.1. The van der Waals surface area contributed by atoms with Crippen LogP contribution in [0.4, 0.5) is 5.95 Å². The Morgan fingerprint density at radius 3 is 2.27 bits per heavy atom. The molecule has 22 heavy (non-hydrogen) atoms. The maximum absolute atomic E-state index is 5.92. The first-order chi connectivity index (χ1) is 10.7. The molecule has 5 nitrogen and oxygen atoms in total. The van der Waals surface area contributed by atoms with Crippen molar-refractivity contribution in [3.63, 3.8) is 0 Å². The Balaban J connectivity index is 1.54. The molecule has 0 amide bonds. The molecule has 0 aliphatic carbocycles. The average Bonchev–Trinajstić information content (AvgIpc) is 2.58. The summed E-state index contributed by atoms with van der Waals surface area (Å²) in [7, 11) is 1.62. The second-order valence-corrected chi connectivity index (χ2v) is 5.75. The van der Waals surface area contributed by atoms with E-state index in [-0.39, 0.29) is 0 Å². The Bertz CT molecular complexity index is 595. The molecule has 2 heterocycles. The number of benzene rings is 1. The second kappa shape index (κ2) is 6.94. The van der Waals surface area contributed by atoms with Crippen molar-refractivity contribution in [2.45, 2.75) is 6.54 Å². The van der Waals surface area contributed by atoms with Gasteiger partial charge in [0, 0.05) is 37.7 Å². The third-order valence-electron chi connectivity index (χ3n) is 3.82. The van der Waals surface area contributed by atoms with E-state index in [2.05, 4.69) is 31.9 Å². The molecule has 0 N–H and O–H groups in total. The number of ether oxygens (including phenoxy) is 1. The molecule has 1 saturated heterocycles. The molecular weight excluding hydrogens is 300 g/mol. The molecule has 1 aliphatic rings. The van der Waals surface area contributed by atoms with Crippen molar-refractivity contribution >= 4 is 17.5 Å². The minimum Gasteiger partial charge on any atom is -0.494 e. The average molecular weight is 319 g/mol. The second-order valence-electron chi connectivity index (χ2n) is 5.31. The third-order valence-corrected chi connectivity index (χ3v) is 4.08. The number of piperazine rings is 1. The SMILES string of the molecule is COc1cnc(N2CCN(Cc3ccc(Cl)cc3)CC2)nc1. The van der Waals surface area contributed by atoms with E-state index in [0.717, 1.165) is 43.7 Å². The Morgan fingerprint density at radius 1 is 1.05 bits per heavy atom. The number of rotatable bonds is 4. The lowest BCUT2D eigenvalue weighted by molar-refractivity contribution is 0.248. The molecule has 0 spiro atoms. The van der Waals surface area contributed by atoms with Gasteiger partial charge in [0.05, 0.1) is 19.5 Å². The van der Waals surface area contributed by atoms with Crippen LogP contribution in [0.1, 0.15) is 5.56 Å². The van der Waals surface area contributed by atoms with Crippen molar-refractivity contribution in [1.82, 2.24) is 14.9 Å².